The second-order valence-corrected chi connectivity index (χ2v) is 5.55. The fourth-order valence-corrected chi connectivity index (χ4v) is 2.72. The van der Waals surface area contributed by atoms with Crippen molar-refractivity contribution in [2.24, 2.45) is 0 Å². The molecule has 0 aliphatic heterocycles. The molecule has 2 rings (SSSR count). The van der Waals surface area contributed by atoms with Crippen molar-refractivity contribution < 1.29 is 28.5 Å². The third kappa shape index (κ3) is 4.67. The van der Waals surface area contributed by atoms with Gasteiger partial charge >= 0.3 is 5.97 Å². The van der Waals surface area contributed by atoms with E-state index >= 15 is 0 Å². The third-order valence-electron chi connectivity index (χ3n) is 4.03. The number of esters is 1. The standard InChI is InChI=1S/C20H24O6/c1-22-13-26-19-12-15(23-2)10-9-14(19)11-17(20(21)25-4)16-7-5-6-8-18(16)24-3/h5-10,12,17H,11,13H2,1-4H3. The number of rotatable bonds is 9. The number of methoxy groups -OCH3 is 4. The Labute approximate surface area is 153 Å². The Kier molecular flexibility index (Phi) is 7.29. The molecule has 1 unspecified atom stereocenters. The molecular formula is C20H24O6. The van der Waals surface area contributed by atoms with E-state index in [0.29, 0.717) is 23.7 Å². The summed E-state index contributed by atoms with van der Waals surface area (Å²) in [5, 5.41) is 0. The lowest BCUT2D eigenvalue weighted by Crippen LogP contribution is -2.18. The summed E-state index contributed by atoms with van der Waals surface area (Å²) in [6.07, 6.45) is 0.385. The van der Waals surface area contributed by atoms with Gasteiger partial charge in [-0.1, -0.05) is 24.3 Å². The lowest BCUT2D eigenvalue weighted by molar-refractivity contribution is -0.142. The van der Waals surface area contributed by atoms with E-state index in [1.165, 1.54) is 7.11 Å². The minimum atomic E-state index is -0.533. The molecule has 0 radical (unpaired) electrons. The van der Waals surface area contributed by atoms with Crippen molar-refractivity contribution in [2.45, 2.75) is 12.3 Å². The maximum atomic E-state index is 12.5. The molecular weight excluding hydrogens is 336 g/mol. The Hall–Kier alpha value is -2.73. The summed E-state index contributed by atoms with van der Waals surface area (Å²) >= 11 is 0. The Balaban J connectivity index is 2.41. The largest absolute Gasteiger partial charge is 0.497 e. The topological polar surface area (TPSA) is 63.2 Å². The maximum absolute atomic E-state index is 12.5. The van der Waals surface area contributed by atoms with Crippen LogP contribution in [0.25, 0.3) is 0 Å². The predicted molar refractivity (Wildman–Crippen MR) is 97.0 cm³/mol. The minimum Gasteiger partial charge on any atom is -0.497 e. The lowest BCUT2D eigenvalue weighted by Gasteiger charge is -2.20. The molecule has 0 bridgehead atoms. The monoisotopic (exact) mass is 360 g/mol. The van der Waals surface area contributed by atoms with E-state index < -0.39 is 5.92 Å². The number of hydrogen-bond acceptors (Lipinski definition) is 6. The molecule has 0 saturated heterocycles. The summed E-state index contributed by atoms with van der Waals surface area (Å²) in [5.74, 6) is 1.01. The van der Waals surface area contributed by atoms with Crippen LogP contribution in [0, 0.1) is 0 Å². The van der Waals surface area contributed by atoms with Gasteiger partial charge in [-0.25, -0.2) is 0 Å². The highest BCUT2D eigenvalue weighted by molar-refractivity contribution is 5.79. The van der Waals surface area contributed by atoms with Gasteiger partial charge in [0.2, 0.25) is 0 Å². The van der Waals surface area contributed by atoms with Crippen molar-refractivity contribution in [2.75, 3.05) is 35.2 Å². The maximum Gasteiger partial charge on any atom is 0.313 e. The normalized spacial score (nSPS) is 11.5. The molecule has 140 valence electrons. The van der Waals surface area contributed by atoms with Crippen LogP contribution in [0.2, 0.25) is 0 Å². The first-order valence-electron chi connectivity index (χ1n) is 8.14. The minimum absolute atomic E-state index is 0.0950. The molecule has 6 heteroatoms. The van der Waals surface area contributed by atoms with E-state index in [1.807, 2.05) is 36.4 Å². The van der Waals surface area contributed by atoms with Crippen LogP contribution in [0.5, 0.6) is 17.2 Å². The van der Waals surface area contributed by atoms with E-state index in [4.69, 9.17) is 23.7 Å². The number of para-hydroxylation sites is 1. The van der Waals surface area contributed by atoms with Crippen LogP contribution in [-0.2, 0) is 20.7 Å². The first-order chi connectivity index (χ1) is 12.6. The average molecular weight is 360 g/mol. The molecule has 2 aromatic rings. The number of ether oxygens (including phenoxy) is 5. The first-order valence-corrected chi connectivity index (χ1v) is 8.14. The fraction of sp³-hybridized carbons (Fsp3) is 0.350. The zero-order valence-electron chi connectivity index (χ0n) is 15.5. The van der Waals surface area contributed by atoms with Gasteiger partial charge in [0.15, 0.2) is 6.79 Å². The van der Waals surface area contributed by atoms with Crippen LogP contribution in [-0.4, -0.2) is 41.2 Å². The van der Waals surface area contributed by atoms with Crippen molar-refractivity contribution in [1.29, 1.82) is 0 Å². The summed E-state index contributed by atoms with van der Waals surface area (Å²) in [6, 6.07) is 12.9. The fourth-order valence-electron chi connectivity index (χ4n) is 2.72. The summed E-state index contributed by atoms with van der Waals surface area (Å²) in [6.45, 7) is 0.0950. The molecule has 0 N–H and O–H groups in total. The molecule has 2 aromatic carbocycles. The number of hydrogen-bond donors (Lipinski definition) is 0. The van der Waals surface area contributed by atoms with Crippen LogP contribution in [0.4, 0.5) is 0 Å². The number of carbonyl (C=O) groups excluding carboxylic acids is 1. The molecule has 0 aliphatic carbocycles. The highest BCUT2D eigenvalue weighted by Crippen LogP contribution is 2.34. The zero-order chi connectivity index (χ0) is 18.9. The van der Waals surface area contributed by atoms with Gasteiger partial charge in [-0.2, -0.15) is 0 Å². The Morgan fingerprint density at radius 3 is 2.38 bits per heavy atom. The zero-order valence-corrected chi connectivity index (χ0v) is 15.5. The average Bonchev–Trinajstić information content (AvgIpc) is 2.70. The molecule has 0 aliphatic rings. The highest BCUT2D eigenvalue weighted by atomic mass is 16.7. The molecule has 0 spiro atoms. The SMILES string of the molecule is COCOc1cc(OC)ccc1CC(C(=O)OC)c1ccccc1OC. The van der Waals surface area contributed by atoms with E-state index in [-0.39, 0.29) is 12.8 Å². The number of carbonyl (C=O) groups is 1. The highest BCUT2D eigenvalue weighted by Gasteiger charge is 2.26. The molecule has 0 fully saturated rings. The van der Waals surface area contributed by atoms with Crippen LogP contribution < -0.4 is 14.2 Å². The summed E-state index contributed by atoms with van der Waals surface area (Å²) in [5.41, 5.74) is 1.60. The van der Waals surface area contributed by atoms with Gasteiger partial charge in [0.1, 0.15) is 17.2 Å². The van der Waals surface area contributed by atoms with Gasteiger partial charge in [0.25, 0.3) is 0 Å². The predicted octanol–water partition coefficient (Wildman–Crippen LogP) is 3.19. The van der Waals surface area contributed by atoms with Gasteiger partial charge < -0.3 is 23.7 Å². The van der Waals surface area contributed by atoms with Gasteiger partial charge in [-0.15, -0.1) is 0 Å². The molecule has 0 heterocycles. The van der Waals surface area contributed by atoms with Gasteiger partial charge in [0.05, 0.1) is 27.2 Å². The smallest absolute Gasteiger partial charge is 0.313 e. The van der Waals surface area contributed by atoms with Gasteiger partial charge in [-0.3, -0.25) is 4.79 Å². The van der Waals surface area contributed by atoms with Crippen molar-refractivity contribution in [3.63, 3.8) is 0 Å². The first kappa shape index (κ1) is 19.6. The second-order valence-electron chi connectivity index (χ2n) is 5.55. The van der Waals surface area contributed by atoms with E-state index in [0.717, 1.165) is 11.1 Å². The Morgan fingerprint density at radius 1 is 0.962 bits per heavy atom. The van der Waals surface area contributed by atoms with Crippen LogP contribution in [0.3, 0.4) is 0 Å². The molecule has 0 aromatic heterocycles. The van der Waals surface area contributed by atoms with Crippen molar-refractivity contribution in [3.05, 3.63) is 53.6 Å². The summed E-state index contributed by atoms with van der Waals surface area (Å²) in [4.78, 5) is 12.5. The van der Waals surface area contributed by atoms with Crippen LogP contribution >= 0.6 is 0 Å². The van der Waals surface area contributed by atoms with E-state index in [9.17, 15) is 4.79 Å². The summed E-state index contributed by atoms with van der Waals surface area (Å²) in [7, 11) is 6.09. The molecule has 26 heavy (non-hydrogen) atoms. The van der Waals surface area contributed by atoms with Gasteiger partial charge in [-0.05, 0) is 24.1 Å². The Bertz CT molecular complexity index is 728. The molecule has 0 amide bonds. The quantitative estimate of drug-likeness (QED) is 0.506. The molecule has 0 saturated carbocycles. The van der Waals surface area contributed by atoms with E-state index in [2.05, 4.69) is 0 Å². The third-order valence-corrected chi connectivity index (χ3v) is 4.03. The lowest BCUT2D eigenvalue weighted by atomic mass is 9.91. The van der Waals surface area contributed by atoms with Crippen molar-refractivity contribution in [1.82, 2.24) is 0 Å². The molecule has 1 atom stereocenters. The van der Waals surface area contributed by atoms with Crippen LogP contribution in [0.1, 0.15) is 17.0 Å². The second kappa shape index (κ2) is 9.68. The van der Waals surface area contributed by atoms with Gasteiger partial charge in [0, 0.05) is 18.7 Å². The summed E-state index contributed by atoms with van der Waals surface area (Å²) < 4.78 is 26.3. The van der Waals surface area contributed by atoms with Crippen LogP contribution in [0.15, 0.2) is 42.5 Å². The Morgan fingerprint density at radius 2 is 1.73 bits per heavy atom. The molecule has 6 nitrogen and oxygen atoms in total. The van der Waals surface area contributed by atoms with E-state index in [1.54, 1.807) is 27.4 Å². The van der Waals surface area contributed by atoms with Crippen molar-refractivity contribution in [3.8, 4) is 17.2 Å². The van der Waals surface area contributed by atoms with Crippen molar-refractivity contribution >= 4 is 5.97 Å². The number of benzene rings is 2.